The molecule has 1 aliphatic heterocycles. The predicted octanol–water partition coefficient (Wildman–Crippen LogP) is 3.39. The second-order valence-corrected chi connectivity index (χ2v) is 8.10. The molecule has 1 fully saturated rings. The van der Waals surface area contributed by atoms with Gasteiger partial charge in [0.2, 0.25) is 0 Å². The monoisotopic (exact) mass is 435 g/mol. The van der Waals surface area contributed by atoms with Gasteiger partial charge in [-0.3, -0.25) is 19.8 Å². The van der Waals surface area contributed by atoms with Gasteiger partial charge in [-0.25, -0.2) is 4.39 Å². The van der Waals surface area contributed by atoms with Crippen molar-refractivity contribution in [2.24, 2.45) is 7.05 Å². The molecule has 164 valence electrons. The van der Waals surface area contributed by atoms with E-state index in [9.17, 15) is 19.3 Å². The van der Waals surface area contributed by atoms with Crippen LogP contribution in [0.1, 0.15) is 5.56 Å². The summed E-state index contributed by atoms with van der Waals surface area (Å²) in [6.07, 6.45) is 1.92. The topological polar surface area (TPSA) is 87.4 Å². The van der Waals surface area contributed by atoms with Crippen molar-refractivity contribution >= 4 is 33.2 Å². The minimum absolute atomic E-state index is 0.208. The quantitative estimate of drug-likeness (QED) is 0.392. The SMILES string of the molecule is Cn1c(=O)c([N+](=O)[O-])c(N2CCN(Cc3cccc4[nH]ccc34)CC2)c2cc(F)ccc21. The zero-order chi connectivity index (χ0) is 22.4. The van der Waals surface area contributed by atoms with Gasteiger partial charge in [0.1, 0.15) is 11.5 Å². The number of aromatic nitrogens is 2. The van der Waals surface area contributed by atoms with Crippen LogP contribution >= 0.6 is 0 Å². The van der Waals surface area contributed by atoms with E-state index in [4.69, 9.17) is 0 Å². The summed E-state index contributed by atoms with van der Waals surface area (Å²) in [7, 11) is 1.47. The first-order chi connectivity index (χ1) is 15.4. The van der Waals surface area contributed by atoms with Crippen molar-refractivity contribution in [1.82, 2.24) is 14.5 Å². The van der Waals surface area contributed by atoms with Crippen LogP contribution in [0.3, 0.4) is 0 Å². The van der Waals surface area contributed by atoms with Crippen LogP contribution in [-0.2, 0) is 13.6 Å². The van der Waals surface area contributed by atoms with Crippen LogP contribution < -0.4 is 10.5 Å². The van der Waals surface area contributed by atoms with E-state index < -0.39 is 22.0 Å². The molecule has 0 saturated carbocycles. The Balaban J connectivity index is 1.47. The van der Waals surface area contributed by atoms with Crippen LogP contribution in [0, 0.1) is 15.9 Å². The third kappa shape index (κ3) is 3.31. The highest BCUT2D eigenvalue weighted by atomic mass is 19.1. The van der Waals surface area contributed by atoms with Crippen LogP contribution in [0.25, 0.3) is 21.8 Å². The van der Waals surface area contributed by atoms with E-state index in [0.717, 1.165) is 12.1 Å². The van der Waals surface area contributed by atoms with Gasteiger partial charge in [0.15, 0.2) is 0 Å². The molecule has 1 aliphatic rings. The van der Waals surface area contributed by atoms with E-state index in [1.54, 1.807) is 0 Å². The van der Waals surface area contributed by atoms with Crippen LogP contribution in [-0.4, -0.2) is 45.6 Å². The lowest BCUT2D eigenvalue weighted by Crippen LogP contribution is -2.46. The Hall–Kier alpha value is -3.72. The Kier molecular flexibility index (Phi) is 4.90. The molecule has 0 aliphatic carbocycles. The second-order valence-electron chi connectivity index (χ2n) is 8.10. The lowest BCUT2D eigenvalue weighted by atomic mass is 10.1. The maximum absolute atomic E-state index is 14.1. The third-order valence-corrected chi connectivity index (χ3v) is 6.26. The fourth-order valence-corrected chi connectivity index (χ4v) is 4.63. The first kappa shape index (κ1) is 20.2. The van der Waals surface area contributed by atoms with Gasteiger partial charge in [-0.15, -0.1) is 0 Å². The highest BCUT2D eigenvalue weighted by molar-refractivity contribution is 5.96. The minimum atomic E-state index is -0.689. The van der Waals surface area contributed by atoms with E-state index in [2.05, 4.69) is 22.0 Å². The van der Waals surface area contributed by atoms with Crippen LogP contribution in [0.5, 0.6) is 0 Å². The Bertz CT molecular complexity index is 1400. The van der Waals surface area contributed by atoms with Gasteiger partial charge in [-0.2, -0.15) is 0 Å². The van der Waals surface area contributed by atoms with Crippen molar-refractivity contribution < 1.29 is 9.31 Å². The summed E-state index contributed by atoms with van der Waals surface area (Å²) in [6.45, 7) is 3.11. The number of benzene rings is 2. The van der Waals surface area contributed by atoms with Crippen molar-refractivity contribution in [1.29, 1.82) is 0 Å². The third-order valence-electron chi connectivity index (χ3n) is 6.26. The molecule has 3 heterocycles. The average Bonchev–Trinajstić information content (AvgIpc) is 3.26. The summed E-state index contributed by atoms with van der Waals surface area (Å²) in [5.74, 6) is -0.495. The molecule has 4 aromatic rings. The van der Waals surface area contributed by atoms with Crippen LogP contribution in [0.15, 0.2) is 53.5 Å². The number of aromatic amines is 1. The highest BCUT2D eigenvalue weighted by Gasteiger charge is 2.31. The number of piperazine rings is 1. The lowest BCUT2D eigenvalue weighted by Gasteiger charge is -2.36. The zero-order valence-corrected chi connectivity index (χ0v) is 17.5. The van der Waals surface area contributed by atoms with E-state index in [1.807, 2.05) is 23.2 Å². The first-order valence-electron chi connectivity index (χ1n) is 10.4. The molecule has 0 radical (unpaired) electrons. The van der Waals surface area contributed by atoms with Crippen molar-refractivity contribution in [2.75, 3.05) is 31.1 Å². The van der Waals surface area contributed by atoms with Gasteiger partial charge in [0.25, 0.3) is 0 Å². The molecule has 2 aromatic heterocycles. The number of nitrogens with zero attached hydrogens (tertiary/aromatic N) is 4. The Labute approximate surface area is 182 Å². The van der Waals surface area contributed by atoms with E-state index >= 15 is 0 Å². The molecule has 0 amide bonds. The fourth-order valence-electron chi connectivity index (χ4n) is 4.63. The Morgan fingerprint density at radius 1 is 1.09 bits per heavy atom. The number of anilines is 1. The minimum Gasteiger partial charge on any atom is -0.363 e. The van der Waals surface area contributed by atoms with E-state index in [-0.39, 0.29) is 5.69 Å². The summed E-state index contributed by atoms with van der Waals surface area (Å²) in [5.41, 5.74) is 1.79. The predicted molar refractivity (Wildman–Crippen MR) is 122 cm³/mol. The summed E-state index contributed by atoms with van der Waals surface area (Å²) in [6, 6.07) is 12.2. The molecule has 8 nitrogen and oxygen atoms in total. The van der Waals surface area contributed by atoms with Crippen LogP contribution in [0.2, 0.25) is 0 Å². The van der Waals surface area contributed by atoms with Crippen molar-refractivity contribution in [2.45, 2.75) is 6.54 Å². The maximum Gasteiger partial charge on any atom is 0.357 e. The summed E-state index contributed by atoms with van der Waals surface area (Å²) >= 11 is 0. The van der Waals surface area contributed by atoms with Crippen molar-refractivity contribution in [3.63, 3.8) is 0 Å². The number of aryl methyl sites for hydroxylation is 1. The first-order valence-corrected chi connectivity index (χ1v) is 10.4. The largest absolute Gasteiger partial charge is 0.363 e. The van der Waals surface area contributed by atoms with Crippen molar-refractivity contribution in [3.05, 3.63) is 80.5 Å². The molecule has 1 saturated heterocycles. The normalized spacial score (nSPS) is 15.0. The Morgan fingerprint density at radius 2 is 1.88 bits per heavy atom. The molecule has 2 aromatic carbocycles. The number of hydrogen-bond donors (Lipinski definition) is 1. The molecule has 9 heteroatoms. The van der Waals surface area contributed by atoms with Gasteiger partial charge >= 0.3 is 11.2 Å². The number of nitro groups is 1. The average molecular weight is 435 g/mol. The molecular formula is C23H22FN5O3. The van der Waals surface area contributed by atoms with E-state index in [0.29, 0.717) is 37.1 Å². The van der Waals surface area contributed by atoms with Gasteiger partial charge in [0, 0.05) is 62.3 Å². The van der Waals surface area contributed by atoms with Gasteiger partial charge in [-0.05, 0) is 35.9 Å². The van der Waals surface area contributed by atoms with Gasteiger partial charge < -0.3 is 14.5 Å². The molecular weight excluding hydrogens is 413 g/mol. The number of nitrogens with one attached hydrogen (secondary N) is 1. The smallest absolute Gasteiger partial charge is 0.357 e. The molecule has 0 spiro atoms. The number of H-pyrrole nitrogens is 1. The highest BCUT2D eigenvalue weighted by Crippen LogP contribution is 2.34. The van der Waals surface area contributed by atoms with Gasteiger partial charge in [-0.1, -0.05) is 12.1 Å². The number of pyridine rings is 1. The number of hydrogen-bond acceptors (Lipinski definition) is 5. The lowest BCUT2D eigenvalue weighted by molar-refractivity contribution is -0.385. The molecule has 0 unspecified atom stereocenters. The number of rotatable bonds is 4. The van der Waals surface area contributed by atoms with Crippen LogP contribution in [0.4, 0.5) is 15.8 Å². The molecule has 0 bridgehead atoms. The van der Waals surface area contributed by atoms with E-state index in [1.165, 1.54) is 40.8 Å². The van der Waals surface area contributed by atoms with Gasteiger partial charge in [0.05, 0.1) is 10.4 Å². The zero-order valence-electron chi connectivity index (χ0n) is 17.5. The summed E-state index contributed by atoms with van der Waals surface area (Å²) in [5, 5.41) is 13.4. The summed E-state index contributed by atoms with van der Waals surface area (Å²) in [4.78, 5) is 31.3. The number of fused-ring (bicyclic) bond motifs is 2. The molecule has 0 atom stereocenters. The molecule has 1 N–H and O–H groups in total. The standard InChI is InChI=1S/C23H22FN5O3/c1-26-20-6-5-16(24)13-18(20)21(22(23(26)30)29(31)32)28-11-9-27(10-12-28)14-15-3-2-4-19-17(15)7-8-25-19/h2-8,13,25H,9-12,14H2,1H3. The molecule has 32 heavy (non-hydrogen) atoms. The maximum atomic E-state index is 14.1. The number of halogens is 1. The molecule has 5 rings (SSSR count). The van der Waals surface area contributed by atoms with Crippen molar-refractivity contribution in [3.8, 4) is 0 Å². The summed E-state index contributed by atoms with van der Waals surface area (Å²) < 4.78 is 15.3. The second kappa shape index (κ2) is 7.76. The Morgan fingerprint density at radius 3 is 2.62 bits per heavy atom. The fraction of sp³-hybridized carbons (Fsp3) is 0.261.